The number of carbonyl (C=O) groups is 2. The summed E-state index contributed by atoms with van der Waals surface area (Å²) in [5.74, 6) is 1.13. The van der Waals surface area contributed by atoms with Crippen molar-refractivity contribution in [3.8, 4) is 11.5 Å². The molecule has 2 aliphatic rings. The van der Waals surface area contributed by atoms with E-state index in [0.717, 1.165) is 35.5 Å². The minimum absolute atomic E-state index is 0.212. The molecule has 1 fully saturated rings. The number of benzene rings is 3. The average molecular weight is 457 g/mol. The van der Waals surface area contributed by atoms with Crippen LogP contribution in [0.2, 0.25) is 0 Å². The first-order valence-electron chi connectivity index (χ1n) is 11.8. The highest BCUT2D eigenvalue weighted by molar-refractivity contribution is 5.98. The highest BCUT2D eigenvalue weighted by Crippen LogP contribution is 2.29. The first kappa shape index (κ1) is 22.0. The number of nitrogens with one attached hydrogen (secondary N) is 2. The lowest BCUT2D eigenvalue weighted by atomic mass is 10.1. The van der Waals surface area contributed by atoms with Crippen LogP contribution in [-0.2, 0) is 17.8 Å². The standard InChI is InChI=1S/C28H28N2O4/c31-27(29-18-21-9-2-6-15-25(21)33-23-12-3-4-13-23)20-10-7-11-22(16-20)30-28(32)26-17-19-8-1-5-14-24(19)34-26/h1-2,5-11,14-16,23,26H,3-4,12-13,17-18H2,(H,29,31)(H,30,32). The zero-order valence-corrected chi connectivity index (χ0v) is 19.0. The highest BCUT2D eigenvalue weighted by atomic mass is 16.5. The summed E-state index contributed by atoms with van der Waals surface area (Å²) < 4.78 is 11.9. The summed E-state index contributed by atoms with van der Waals surface area (Å²) in [6, 6.07) is 22.4. The maximum Gasteiger partial charge on any atom is 0.265 e. The number of ether oxygens (including phenoxy) is 2. The van der Waals surface area contributed by atoms with Gasteiger partial charge >= 0.3 is 0 Å². The molecule has 1 saturated carbocycles. The monoisotopic (exact) mass is 456 g/mol. The molecule has 1 atom stereocenters. The SMILES string of the molecule is O=C(NCc1ccccc1OC1CCCC1)c1cccc(NC(=O)C2Cc3ccccc3O2)c1. The van der Waals surface area contributed by atoms with Gasteiger partial charge in [0.25, 0.3) is 11.8 Å². The van der Waals surface area contributed by atoms with Gasteiger partial charge in [-0.15, -0.1) is 0 Å². The van der Waals surface area contributed by atoms with E-state index in [-0.39, 0.29) is 17.9 Å². The van der Waals surface area contributed by atoms with E-state index in [2.05, 4.69) is 10.6 Å². The molecule has 174 valence electrons. The molecule has 0 saturated heterocycles. The van der Waals surface area contributed by atoms with Crippen molar-refractivity contribution in [3.63, 3.8) is 0 Å². The van der Waals surface area contributed by atoms with Gasteiger partial charge in [-0.1, -0.05) is 42.5 Å². The fraction of sp³-hybridized carbons (Fsp3) is 0.286. The van der Waals surface area contributed by atoms with E-state index in [1.807, 2.05) is 48.5 Å². The topological polar surface area (TPSA) is 76.7 Å². The molecule has 0 spiro atoms. The highest BCUT2D eigenvalue weighted by Gasteiger charge is 2.28. The summed E-state index contributed by atoms with van der Waals surface area (Å²) >= 11 is 0. The Labute approximate surface area is 199 Å². The quantitative estimate of drug-likeness (QED) is 0.531. The molecule has 0 bridgehead atoms. The molecule has 1 unspecified atom stereocenters. The zero-order valence-electron chi connectivity index (χ0n) is 19.0. The molecule has 0 radical (unpaired) electrons. The number of para-hydroxylation sites is 2. The number of hydrogen-bond acceptors (Lipinski definition) is 4. The minimum Gasteiger partial charge on any atom is -0.490 e. The van der Waals surface area contributed by atoms with E-state index in [4.69, 9.17) is 9.47 Å². The molecule has 2 N–H and O–H groups in total. The molecule has 1 heterocycles. The first-order valence-corrected chi connectivity index (χ1v) is 11.8. The molecule has 6 heteroatoms. The summed E-state index contributed by atoms with van der Waals surface area (Å²) in [5, 5.41) is 5.85. The van der Waals surface area contributed by atoms with Gasteiger partial charge in [0.1, 0.15) is 11.5 Å². The van der Waals surface area contributed by atoms with Crippen LogP contribution in [0.25, 0.3) is 0 Å². The average Bonchev–Trinajstić information content (AvgIpc) is 3.53. The normalized spacial score (nSPS) is 17.0. The third-order valence-corrected chi connectivity index (χ3v) is 6.34. The van der Waals surface area contributed by atoms with Gasteiger partial charge in [-0.05, 0) is 61.6 Å². The summed E-state index contributed by atoms with van der Waals surface area (Å²) in [7, 11) is 0. The molecule has 3 aromatic rings. The number of carbonyl (C=O) groups excluding carboxylic acids is 2. The van der Waals surface area contributed by atoms with Crippen LogP contribution < -0.4 is 20.1 Å². The Kier molecular flexibility index (Phi) is 6.47. The van der Waals surface area contributed by atoms with Crippen LogP contribution >= 0.6 is 0 Å². The van der Waals surface area contributed by atoms with E-state index in [1.165, 1.54) is 12.8 Å². The predicted molar refractivity (Wildman–Crippen MR) is 130 cm³/mol. The van der Waals surface area contributed by atoms with Crippen molar-refractivity contribution in [2.24, 2.45) is 0 Å². The molecule has 2 amide bonds. The number of hydrogen-bond donors (Lipinski definition) is 2. The van der Waals surface area contributed by atoms with E-state index in [1.54, 1.807) is 24.3 Å². The Morgan fingerprint density at radius 3 is 2.59 bits per heavy atom. The second kappa shape index (κ2) is 10.00. The molecule has 1 aliphatic heterocycles. The summed E-state index contributed by atoms with van der Waals surface area (Å²) in [6.07, 6.45) is 4.78. The predicted octanol–water partition coefficient (Wildman–Crippen LogP) is 4.88. The third-order valence-electron chi connectivity index (χ3n) is 6.34. The van der Waals surface area contributed by atoms with Gasteiger partial charge in [-0.25, -0.2) is 0 Å². The Hall–Kier alpha value is -3.80. The second-order valence-electron chi connectivity index (χ2n) is 8.80. The summed E-state index contributed by atoms with van der Waals surface area (Å²) in [6.45, 7) is 0.368. The third kappa shape index (κ3) is 5.06. The van der Waals surface area contributed by atoms with Crippen LogP contribution in [0, 0.1) is 0 Å². The van der Waals surface area contributed by atoms with Gasteiger partial charge in [0, 0.05) is 29.8 Å². The van der Waals surface area contributed by atoms with Gasteiger partial charge in [0.05, 0.1) is 6.10 Å². The van der Waals surface area contributed by atoms with Crippen LogP contribution in [0.4, 0.5) is 5.69 Å². The zero-order chi connectivity index (χ0) is 23.3. The Morgan fingerprint density at radius 1 is 0.941 bits per heavy atom. The van der Waals surface area contributed by atoms with Crippen LogP contribution in [0.3, 0.4) is 0 Å². The van der Waals surface area contributed by atoms with E-state index < -0.39 is 6.10 Å². The van der Waals surface area contributed by atoms with Crippen molar-refractivity contribution >= 4 is 17.5 Å². The Balaban J connectivity index is 1.19. The molecule has 1 aliphatic carbocycles. The molecule has 34 heavy (non-hydrogen) atoms. The van der Waals surface area contributed by atoms with Gasteiger partial charge in [0.2, 0.25) is 0 Å². The van der Waals surface area contributed by atoms with Crippen LogP contribution in [0.15, 0.2) is 72.8 Å². The Morgan fingerprint density at radius 2 is 1.74 bits per heavy atom. The lowest BCUT2D eigenvalue weighted by molar-refractivity contribution is -0.122. The van der Waals surface area contributed by atoms with Crippen molar-refractivity contribution in [3.05, 3.63) is 89.5 Å². The molecule has 6 nitrogen and oxygen atoms in total. The van der Waals surface area contributed by atoms with Crippen molar-refractivity contribution in [2.75, 3.05) is 5.32 Å². The van der Waals surface area contributed by atoms with Crippen LogP contribution in [0.1, 0.15) is 47.2 Å². The van der Waals surface area contributed by atoms with E-state index >= 15 is 0 Å². The maximum absolute atomic E-state index is 12.8. The minimum atomic E-state index is -0.578. The van der Waals surface area contributed by atoms with Gasteiger partial charge in [0.15, 0.2) is 6.10 Å². The molecule has 3 aromatic carbocycles. The van der Waals surface area contributed by atoms with Crippen molar-refractivity contribution in [1.82, 2.24) is 5.32 Å². The largest absolute Gasteiger partial charge is 0.490 e. The maximum atomic E-state index is 12.8. The van der Waals surface area contributed by atoms with Crippen LogP contribution in [-0.4, -0.2) is 24.0 Å². The fourth-order valence-corrected chi connectivity index (χ4v) is 4.52. The van der Waals surface area contributed by atoms with Crippen molar-refractivity contribution in [2.45, 2.75) is 50.9 Å². The van der Waals surface area contributed by atoms with Gasteiger partial charge in [-0.2, -0.15) is 0 Å². The smallest absolute Gasteiger partial charge is 0.265 e. The van der Waals surface area contributed by atoms with Crippen molar-refractivity contribution in [1.29, 1.82) is 0 Å². The number of rotatable bonds is 7. The lowest BCUT2D eigenvalue weighted by Gasteiger charge is -2.17. The second-order valence-corrected chi connectivity index (χ2v) is 8.80. The number of fused-ring (bicyclic) bond motifs is 1. The first-order chi connectivity index (χ1) is 16.7. The summed E-state index contributed by atoms with van der Waals surface area (Å²) in [4.78, 5) is 25.5. The fourth-order valence-electron chi connectivity index (χ4n) is 4.52. The van der Waals surface area contributed by atoms with Gasteiger partial charge < -0.3 is 20.1 Å². The van der Waals surface area contributed by atoms with Crippen molar-refractivity contribution < 1.29 is 19.1 Å². The number of amides is 2. The summed E-state index contributed by atoms with van der Waals surface area (Å²) in [5.41, 5.74) is 3.00. The molecular formula is C28H28N2O4. The Bertz CT molecular complexity index is 1160. The molecule has 0 aromatic heterocycles. The lowest BCUT2D eigenvalue weighted by Crippen LogP contribution is -2.31. The number of anilines is 1. The molecule has 5 rings (SSSR count). The van der Waals surface area contributed by atoms with E-state index in [9.17, 15) is 9.59 Å². The van der Waals surface area contributed by atoms with Gasteiger partial charge in [-0.3, -0.25) is 9.59 Å². The van der Waals surface area contributed by atoms with Crippen LogP contribution in [0.5, 0.6) is 11.5 Å². The molecular weight excluding hydrogens is 428 g/mol. The van der Waals surface area contributed by atoms with E-state index in [0.29, 0.717) is 24.2 Å².